The van der Waals surface area contributed by atoms with Crippen LogP contribution in [0.15, 0.2) is 24.4 Å². The Bertz CT molecular complexity index is 840. The first kappa shape index (κ1) is 19.6. The van der Waals surface area contributed by atoms with Crippen LogP contribution in [0.2, 0.25) is 0 Å². The number of hydrogen-bond donors (Lipinski definition) is 2. The Hall–Kier alpha value is -2.68. The van der Waals surface area contributed by atoms with Gasteiger partial charge in [0.25, 0.3) is 0 Å². The predicted octanol–water partition coefficient (Wildman–Crippen LogP) is 2.28. The van der Waals surface area contributed by atoms with E-state index in [0.29, 0.717) is 18.2 Å². The number of aryl methyl sites for hydroxylation is 2. The van der Waals surface area contributed by atoms with E-state index in [1.54, 1.807) is 29.4 Å². The number of piperazine rings is 1. The van der Waals surface area contributed by atoms with Gasteiger partial charge >= 0.3 is 6.03 Å². The van der Waals surface area contributed by atoms with Gasteiger partial charge in [-0.2, -0.15) is 0 Å². The van der Waals surface area contributed by atoms with E-state index in [2.05, 4.69) is 25.5 Å². The van der Waals surface area contributed by atoms with Gasteiger partial charge in [-0.05, 0) is 44.7 Å². The third kappa shape index (κ3) is 4.67. The summed E-state index contributed by atoms with van der Waals surface area (Å²) < 4.78 is 0. The maximum Gasteiger partial charge on any atom is 0.318 e. The third-order valence-electron chi connectivity index (χ3n) is 5.35. The Kier molecular flexibility index (Phi) is 5.94. The molecule has 3 heterocycles. The Morgan fingerprint density at radius 3 is 2.66 bits per heavy atom. The second-order valence-electron chi connectivity index (χ2n) is 7.42. The molecule has 1 saturated heterocycles. The van der Waals surface area contributed by atoms with Crippen LogP contribution >= 0.6 is 11.3 Å². The fraction of sp³-hybridized carbons (Fsp3) is 0.500. The minimum Gasteiger partial charge on any atom is -0.353 e. The van der Waals surface area contributed by atoms with Crippen molar-refractivity contribution < 1.29 is 9.59 Å². The Balaban J connectivity index is 1.26. The number of rotatable bonds is 4. The molecule has 0 unspecified atom stereocenters. The van der Waals surface area contributed by atoms with Crippen molar-refractivity contribution in [1.82, 2.24) is 20.2 Å². The lowest BCUT2D eigenvalue weighted by Gasteiger charge is -2.35. The van der Waals surface area contributed by atoms with Crippen molar-refractivity contribution in [3.8, 4) is 0 Å². The molecule has 8 nitrogen and oxygen atoms in total. The SMILES string of the molecule is C[C@H](NC(=O)N1CCN(c2ccccn2)CC1)C(=O)Nc1nc2c(s1)CCCC2. The quantitative estimate of drug-likeness (QED) is 0.801. The summed E-state index contributed by atoms with van der Waals surface area (Å²) in [4.78, 5) is 39.1. The molecule has 1 aliphatic carbocycles. The van der Waals surface area contributed by atoms with Crippen LogP contribution < -0.4 is 15.5 Å². The van der Waals surface area contributed by atoms with Crippen LogP contribution in [-0.4, -0.2) is 59.0 Å². The van der Waals surface area contributed by atoms with E-state index in [1.165, 1.54) is 11.3 Å². The average Bonchev–Trinajstić information content (AvgIpc) is 3.16. The molecule has 1 atom stereocenters. The average molecular weight is 415 g/mol. The predicted molar refractivity (Wildman–Crippen MR) is 113 cm³/mol. The molecule has 0 spiro atoms. The zero-order valence-corrected chi connectivity index (χ0v) is 17.4. The lowest BCUT2D eigenvalue weighted by Crippen LogP contribution is -2.54. The lowest BCUT2D eigenvalue weighted by atomic mass is 10.0. The molecule has 0 aromatic carbocycles. The zero-order valence-electron chi connectivity index (χ0n) is 16.6. The molecule has 9 heteroatoms. The second kappa shape index (κ2) is 8.77. The fourth-order valence-electron chi connectivity index (χ4n) is 3.64. The molecule has 1 fully saturated rings. The Morgan fingerprint density at radius 2 is 1.93 bits per heavy atom. The molecule has 2 aromatic heterocycles. The largest absolute Gasteiger partial charge is 0.353 e. The molecule has 154 valence electrons. The topological polar surface area (TPSA) is 90.5 Å². The standard InChI is InChI=1S/C20H26N6O2S/c1-14(18(27)24-19-23-15-6-2-3-7-16(15)29-19)22-20(28)26-12-10-25(11-13-26)17-8-4-5-9-21-17/h4-5,8-9,14H,2-3,6-7,10-13H2,1H3,(H,22,28)(H,23,24,27)/t14-/m0/s1. The van der Waals surface area contributed by atoms with Crippen LogP contribution in [0.5, 0.6) is 0 Å². The number of thiazole rings is 1. The summed E-state index contributed by atoms with van der Waals surface area (Å²) in [5.74, 6) is 0.683. The number of carbonyl (C=O) groups is 2. The van der Waals surface area contributed by atoms with E-state index in [-0.39, 0.29) is 11.9 Å². The minimum atomic E-state index is -0.628. The normalized spacial score (nSPS) is 17.4. The first-order valence-electron chi connectivity index (χ1n) is 10.1. The van der Waals surface area contributed by atoms with Gasteiger partial charge in [-0.25, -0.2) is 14.8 Å². The smallest absolute Gasteiger partial charge is 0.318 e. The van der Waals surface area contributed by atoms with Gasteiger partial charge in [-0.3, -0.25) is 4.79 Å². The van der Waals surface area contributed by atoms with E-state index in [0.717, 1.165) is 43.9 Å². The van der Waals surface area contributed by atoms with E-state index >= 15 is 0 Å². The summed E-state index contributed by atoms with van der Waals surface area (Å²) in [6.07, 6.45) is 6.14. The molecular formula is C20H26N6O2S. The van der Waals surface area contributed by atoms with Crippen molar-refractivity contribution in [2.24, 2.45) is 0 Å². The van der Waals surface area contributed by atoms with E-state index in [1.807, 2.05) is 18.2 Å². The molecule has 2 aliphatic rings. The number of fused-ring (bicyclic) bond motifs is 1. The zero-order chi connectivity index (χ0) is 20.2. The van der Waals surface area contributed by atoms with Gasteiger partial charge in [0.1, 0.15) is 11.9 Å². The molecular weight excluding hydrogens is 388 g/mol. The summed E-state index contributed by atoms with van der Waals surface area (Å²) in [6, 6.07) is 4.98. The summed E-state index contributed by atoms with van der Waals surface area (Å²) in [7, 11) is 0. The number of carbonyl (C=O) groups excluding carboxylic acids is 2. The number of nitrogens with one attached hydrogen (secondary N) is 2. The molecule has 0 saturated carbocycles. The molecule has 0 bridgehead atoms. The fourth-order valence-corrected chi connectivity index (χ4v) is 4.69. The maximum absolute atomic E-state index is 12.6. The van der Waals surface area contributed by atoms with E-state index < -0.39 is 6.04 Å². The number of aromatic nitrogens is 2. The molecule has 2 aromatic rings. The van der Waals surface area contributed by atoms with Gasteiger partial charge in [0.2, 0.25) is 5.91 Å². The minimum absolute atomic E-state index is 0.216. The number of urea groups is 1. The highest BCUT2D eigenvalue weighted by molar-refractivity contribution is 7.15. The van der Waals surface area contributed by atoms with Gasteiger partial charge in [0.05, 0.1) is 5.69 Å². The van der Waals surface area contributed by atoms with Gasteiger partial charge < -0.3 is 20.4 Å². The Labute approximate surface area is 174 Å². The van der Waals surface area contributed by atoms with Gasteiger partial charge in [-0.1, -0.05) is 6.07 Å². The Morgan fingerprint density at radius 1 is 1.14 bits per heavy atom. The highest BCUT2D eigenvalue weighted by Crippen LogP contribution is 2.29. The van der Waals surface area contributed by atoms with Gasteiger partial charge in [0.15, 0.2) is 5.13 Å². The van der Waals surface area contributed by atoms with Crippen LogP contribution in [-0.2, 0) is 17.6 Å². The monoisotopic (exact) mass is 414 g/mol. The first-order valence-corrected chi connectivity index (χ1v) is 10.9. The van der Waals surface area contributed by atoms with E-state index in [4.69, 9.17) is 0 Å². The van der Waals surface area contributed by atoms with Crippen LogP contribution in [0.3, 0.4) is 0 Å². The highest BCUT2D eigenvalue weighted by Gasteiger charge is 2.25. The third-order valence-corrected chi connectivity index (χ3v) is 6.42. The lowest BCUT2D eigenvalue weighted by molar-refractivity contribution is -0.117. The van der Waals surface area contributed by atoms with Crippen molar-refractivity contribution in [2.75, 3.05) is 36.4 Å². The molecule has 3 amide bonds. The first-order chi connectivity index (χ1) is 14.1. The van der Waals surface area contributed by atoms with Crippen molar-refractivity contribution in [3.63, 3.8) is 0 Å². The summed E-state index contributed by atoms with van der Waals surface area (Å²) in [5, 5.41) is 6.29. The number of amides is 3. The van der Waals surface area contributed by atoms with Crippen LogP contribution in [0.1, 0.15) is 30.3 Å². The maximum atomic E-state index is 12.6. The molecule has 0 radical (unpaired) electrons. The summed E-state index contributed by atoms with van der Waals surface area (Å²) in [5.41, 5.74) is 1.11. The van der Waals surface area contributed by atoms with Crippen LogP contribution in [0, 0.1) is 0 Å². The van der Waals surface area contributed by atoms with Crippen LogP contribution in [0.4, 0.5) is 15.7 Å². The molecule has 29 heavy (non-hydrogen) atoms. The highest BCUT2D eigenvalue weighted by atomic mass is 32.1. The summed E-state index contributed by atoms with van der Waals surface area (Å²) in [6.45, 7) is 4.32. The van der Waals surface area contributed by atoms with Crippen LogP contribution in [0.25, 0.3) is 0 Å². The molecule has 2 N–H and O–H groups in total. The van der Waals surface area contributed by atoms with Crippen molar-refractivity contribution in [1.29, 1.82) is 0 Å². The summed E-state index contributed by atoms with van der Waals surface area (Å²) >= 11 is 1.55. The molecule has 4 rings (SSSR count). The number of hydrogen-bond acceptors (Lipinski definition) is 6. The number of nitrogens with zero attached hydrogens (tertiary/aromatic N) is 4. The second-order valence-corrected chi connectivity index (χ2v) is 8.50. The molecule has 1 aliphatic heterocycles. The van der Waals surface area contributed by atoms with Crippen molar-refractivity contribution in [3.05, 3.63) is 35.0 Å². The van der Waals surface area contributed by atoms with Gasteiger partial charge in [-0.15, -0.1) is 11.3 Å². The number of pyridine rings is 1. The van der Waals surface area contributed by atoms with Gasteiger partial charge in [0, 0.05) is 37.3 Å². The van der Waals surface area contributed by atoms with Crippen molar-refractivity contribution in [2.45, 2.75) is 38.6 Å². The van der Waals surface area contributed by atoms with Crippen molar-refractivity contribution >= 4 is 34.2 Å². The van der Waals surface area contributed by atoms with E-state index in [9.17, 15) is 9.59 Å². The number of anilines is 2.